The van der Waals surface area contributed by atoms with Gasteiger partial charge in [-0.3, -0.25) is 14.5 Å². The maximum absolute atomic E-state index is 12.0. The number of hydrogen-bond donors (Lipinski definition) is 1. The molecule has 0 aromatic heterocycles. The standard InChI is InChI=1S/C16H22ClN3O3/c1-23-12-16(22)20-10-8-19(9-11-20)7-6-15(21)18-14-5-3-2-4-13(14)17/h2-5H,6-12H2,1H3,(H,18,21). The fourth-order valence-electron chi connectivity index (χ4n) is 2.47. The number of anilines is 1. The summed E-state index contributed by atoms with van der Waals surface area (Å²) in [5, 5.41) is 3.35. The number of piperazine rings is 1. The topological polar surface area (TPSA) is 61.9 Å². The summed E-state index contributed by atoms with van der Waals surface area (Å²) in [5.41, 5.74) is 0.633. The quantitative estimate of drug-likeness (QED) is 0.852. The van der Waals surface area contributed by atoms with Crippen molar-refractivity contribution >= 4 is 29.1 Å². The van der Waals surface area contributed by atoms with Crippen LogP contribution in [0.4, 0.5) is 5.69 Å². The van der Waals surface area contributed by atoms with Crippen LogP contribution in [-0.2, 0) is 14.3 Å². The second kappa shape index (κ2) is 8.86. The van der Waals surface area contributed by atoms with Crippen LogP contribution in [0.1, 0.15) is 6.42 Å². The van der Waals surface area contributed by atoms with Gasteiger partial charge in [0.15, 0.2) is 0 Å². The zero-order valence-electron chi connectivity index (χ0n) is 13.3. The second-order valence-electron chi connectivity index (χ2n) is 5.43. The van der Waals surface area contributed by atoms with Crippen LogP contribution in [0.15, 0.2) is 24.3 Å². The van der Waals surface area contributed by atoms with Crippen LogP contribution in [0, 0.1) is 0 Å². The van der Waals surface area contributed by atoms with Crippen molar-refractivity contribution in [2.24, 2.45) is 0 Å². The van der Waals surface area contributed by atoms with E-state index >= 15 is 0 Å². The number of carbonyl (C=O) groups excluding carboxylic acids is 2. The van der Waals surface area contributed by atoms with Crippen molar-refractivity contribution in [2.45, 2.75) is 6.42 Å². The van der Waals surface area contributed by atoms with E-state index < -0.39 is 0 Å². The average molecular weight is 340 g/mol. The molecule has 23 heavy (non-hydrogen) atoms. The predicted octanol–water partition coefficient (Wildman–Crippen LogP) is 1.46. The molecule has 6 nitrogen and oxygen atoms in total. The fourth-order valence-corrected chi connectivity index (χ4v) is 2.65. The summed E-state index contributed by atoms with van der Waals surface area (Å²) >= 11 is 6.02. The molecule has 7 heteroatoms. The third-order valence-corrected chi connectivity index (χ3v) is 4.13. The van der Waals surface area contributed by atoms with E-state index in [4.69, 9.17) is 16.3 Å². The molecule has 1 fully saturated rings. The molecule has 0 unspecified atom stereocenters. The first-order valence-corrected chi connectivity index (χ1v) is 8.01. The molecule has 1 aliphatic rings. The third-order valence-electron chi connectivity index (χ3n) is 3.80. The summed E-state index contributed by atoms with van der Waals surface area (Å²) < 4.78 is 4.86. The Morgan fingerprint density at radius 3 is 2.57 bits per heavy atom. The number of nitrogens with one attached hydrogen (secondary N) is 1. The van der Waals surface area contributed by atoms with Gasteiger partial charge in [-0.15, -0.1) is 0 Å². The Hall–Kier alpha value is -1.63. The number of hydrogen-bond acceptors (Lipinski definition) is 4. The van der Waals surface area contributed by atoms with Crippen LogP contribution >= 0.6 is 11.6 Å². The predicted molar refractivity (Wildman–Crippen MR) is 89.6 cm³/mol. The van der Waals surface area contributed by atoms with Gasteiger partial charge in [0.1, 0.15) is 6.61 Å². The van der Waals surface area contributed by atoms with E-state index in [0.29, 0.717) is 36.8 Å². The van der Waals surface area contributed by atoms with E-state index in [1.807, 2.05) is 12.1 Å². The molecule has 1 aromatic carbocycles. The molecule has 0 radical (unpaired) electrons. The molecule has 1 aromatic rings. The number of carbonyl (C=O) groups is 2. The second-order valence-corrected chi connectivity index (χ2v) is 5.84. The SMILES string of the molecule is COCC(=O)N1CCN(CCC(=O)Nc2ccccc2Cl)CC1. The Morgan fingerprint density at radius 2 is 1.91 bits per heavy atom. The molecule has 1 N–H and O–H groups in total. The largest absolute Gasteiger partial charge is 0.375 e. The zero-order chi connectivity index (χ0) is 16.7. The lowest BCUT2D eigenvalue weighted by atomic mass is 10.2. The van der Waals surface area contributed by atoms with E-state index in [0.717, 1.165) is 13.1 Å². The zero-order valence-corrected chi connectivity index (χ0v) is 14.0. The Morgan fingerprint density at radius 1 is 1.22 bits per heavy atom. The van der Waals surface area contributed by atoms with E-state index in [1.165, 1.54) is 7.11 Å². The Bertz CT molecular complexity index is 545. The molecule has 0 bridgehead atoms. The van der Waals surface area contributed by atoms with Gasteiger partial charge in [-0.05, 0) is 12.1 Å². The van der Waals surface area contributed by atoms with Crippen LogP contribution in [0.2, 0.25) is 5.02 Å². The average Bonchev–Trinajstić information content (AvgIpc) is 2.56. The van der Waals surface area contributed by atoms with Gasteiger partial charge in [0, 0.05) is 46.3 Å². The van der Waals surface area contributed by atoms with Crippen LogP contribution in [-0.4, -0.2) is 68.1 Å². The van der Waals surface area contributed by atoms with Crippen molar-refractivity contribution in [2.75, 3.05) is 51.8 Å². The van der Waals surface area contributed by atoms with Crippen molar-refractivity contribution < 1.29 is 14.3 Å². The number of benzene rings is 1. The molecule has 1 aliphatic heterocycles. The maximum atomic E-state index is 12.0. The first kappa shape index (κ1) is 17.7. The summed E-state index contributed by atoms with van der Waals surface area (Å²) in [6.07, 6.45) is 0.400. The highest BCUT2D eigenvalue weighted by Gasteiger charge is 2.21. The normalized spacial score (nSPS) is 15.5. The highest BCUT2D eigenvalue weighted by Crippen LogP contribution is 2.20. The van der Waals surface area contributed by atoms with E-state index in [9.17, 15) is 9.59 Å². The lowest BCUT2D eigenvalue weighted by molar-refractivity contribution is -0.137. The van der Waals surface area contributed by atoms with Gasteiger partial charge >= 0.3 is 0 Å². The fraction of sp³-hybridized carbons (Fsp3) is 0.500. The lowest BCUT2D eigenvalue weighted by Gasteiger charge is -2.34. The van der Waals surface area contributed by atoms with Crippen molar-refractivity contribution in [3.8, 4) is 0 Å². The summed E-state index contributed by atoms with van der Waals surface area (Å²) in [6, 6.07) is 7.17. The smallest absolute Gasteiger partial charge is 0.248 e. The number of halogens is 1. The molecule has 0 spiro atoms. The number of para-hydroxylation sites is 1. The van der Waals surface area contributed by atoms with Gasteiger partial charge in [0.25, 0.3) is 0 Å². The lowest BCUT2D eigenvalue weighted by Crippen LogP contribution is -2.50. The van der Waals surface area contributed by atoms with Gasteiger partial charge in [-0.1, -0.05) is 23.7 Å². The van der Waals surface area contributed by atoms with E-state index in [1.54, 1.807) is 17.0 Å². The Balaban J connectivity index is 1.70. The molecule has 2 amide bonds. The van der Waals surface area contributed by atoms with Crippen molar-refractivity contribution in [3.63, 3.8) is 0 Å². The maximum Gasteiger partial charge on any atom is 0.248 e. The third kappa shape index (κ3) is 5.49. The summed E-state index contributed by atoms with van der Waals surface area (Å²) in [4.78, 5) is 27.7. The summed E-state index contributed by atoms with van der Waals surface area (Å²) in [7, 11) is 1.52. The van der Waals surface area contributed by atoms with Crippen molar-refractivity contribution in [1.29, 1.82) is 0 Å². The molecule has 1 saturated heterocycles. The first-order chi connectivity index (χ1) is 11.1. The molecule has 0 aliphatic carbocycles. The van der Waals surface area contributed by atoms with Crippen LogP contribution in [0.3, 0.4) is 0 Å². The van der Waals surface area contributed by atoms with Gasteiger partial charge in [-0.2, -0.15) is 0 Å². The molecule has 126 valence electrons. The molecule has 2 rings (SSSR count). The minimum atomic E-state index is -0.0593. The summed E-state index contributed by atoms with van der Waals surface area (Å²) in [5.74, 6) is -0.0420. The molecule has 0 atom stereocenters. The number of nitrogens with zero attached hydrogens (tertiary/aromatic N) is 2. The monoisotopic (exact) mass is 339 g/mol. The Labute approximate surface area is 141 Å². The van der Waals surface area contributed by atoms with Crippen LogP contribution < -0.4 is 5.32 Å². The first-order valence-electron chi connectivity index (χ1n) is 7.63. The highest BCUT2D eigenvalue weighted by atomic mass is 35.5. The molecule has 0 saturated carbocycles. The van der Waals surface area contributed by atoms with Gasteiger partial charge < -0.3 is 15.0 Å². The molecular formula is C16H22ClN3O3. The van der Waals surface area contributed by atoms with Crippen LogP contribution in [0.25, 0.3) is 0 Å². The minimum absolute atomic E-state index is 0.0172. The van der Waals surface area contributed by atoms with Crippen molar-refractivity contribution in [3.05, 3.63) is 29.3 Å². The number of amides is 2. The minimum Gasteiger partial charge on any atom is -0.375 e. The van der Waals surface area contributed by atoms with Crippen molar-refractivity contribution in [1.82, 2.24) is 9.80 Å². The van der Waals surface area contributed by atoms with Gasteiger partial charge in [-0.25, -0.2) is 0 Å². The number of methoxy groups -OCH3 is 1. The van der Waals surface area contributed by atoms with E-state index in [-0.39, 0.29) is 18.4 Å². The van der Waals surface area contributed by atoms with Crippen LogP contribution in [0.5, 0.6) is 0 Å². The molecule has 1 heterocycles. The van der Waals surface area contributed by atoms with E-state index in [2.05, 4.69) is 10.2 Å². The number of ether oxygens (including phenoxy) is 1. The van der Waals surface area contributed by atoms with Gasteiger partial charge in [0.2, 0.25) is 11.8 Å². The number of rotatable bonds is 6. The highest BCUT2D eigenvalue weighted by molar-refractivity contribution is 6.33. The molecular weight excluding hydrogens is 318 g/mol. The Kier molecular flexibility index (Phi) is 6.83. The van der Waals surface area contributed by atoms with Gasteiger partial charge in [0.05, 0.1) is 10.7 Å². The summed E-state index contributed by atoms with van der Waals surface area (Å²) in [6.45, 7) is 3.69.